The van der Waals surface area contributed by atoms with Gasteiger partial charge in [-0.05, 0) is 37.3 Å². The van der Waals surface area contributed by atoms with Crippen LogP contribution in [0.4, 0.5) is 0 Å². The van der Waals surface area contributed by atoms with Crippen LogP contribution in [0.15, 0.2) is 24.3 Å². The molecule has 0 saturated heterocycles. The van der Waals surface area contributed by atoms with Crippen LogP contribution in [-0.4, -0.2) is 18.0 Å². The van der Waals surface area contributed by atoms with Crippen LogP contribution in [0.5, 0.6) is 0 Å². The van der Waals surface area contributed by atoms with Crippen molar-refractivity contribution in [3.63, 3.8) is 0 Å². The molecule has 3 nitrogen and oxygen atoms in total. The lowest BCUT2D eigenvalue weighted by molar-refractivity contribution is -0.121. The molecule has 3 N–H and O–H groups in total. The summed E-state index contributed by atoms with van der Waals surface area (Å²) in [4.78, 5) is 11.8. The Hall–Kier alpha value is -1.06. The monoisotopic (exact) mass is 298 g/mol. The van der Waals surface area contributed by atoms with Gasteiger partial charge in [-0.2, -0.15) is 0 Å². The maximum absolute atomic E-state index is 11.8. The lowest BCUT2D eigenvalue weighted by atomic mass is 9.96. The molecule has 1 unspecified atom stereocenters. The highest BCUT2D eigenvalue weighted by Crippen LogP contribution is 2.19. The molecule has 0 aliphatic heterocycles. The summed E-state index contributed by atoms with van der Waals surface area (Å²) in [6.45, 7) is 8.53. The van der Waals surface area contributed by atoms with Gasteiger partial charge in [0.25, 0.3) is 0 Å². The number of aryl methyl sites for hydroxylation is 1. The van der Waals surface area contributed by atoms with Crippen LogP contribution in [0.2, 0.25) is 0 Å². The molecule has 0 aliphatic rings. The minimum Gasteiger partial charge on any atom is -0.354 e. The molecule has 0 aromatic heterocycles. The minimum atomic E-state index is -0.359. The van der Waals surface area contributed by atoms with Gasteiger partial charge in [0.2, 0.25) is 5.91 Å². The first kappa shape index (κ1) is 18.9. The first-order chi connectivity index (χ1) is 8.81. The van der Waals surface area contributed by atoms with Crippen LogP contribution in [0.1, 0.15) is 51.2 Å². The third-order valence-corrected chi connectivity index (χ3v) is 3.19. The van der Waals surface area contributed by atoms with Gasteiger partial charge in [0.05, 0.1) is 0 Å². The Labute approximate surface area is 128 Å². The number of nitrogens with two attached hydrogens (primary N) is 1. The zero-order valence-electron chi connectivity index (χ0n) is 12.9. The third-order valence-electron chi connectivity index (χ3n) is 3.19. The molecular weight excluding hydrogens is 272 g/mol. The van der Waals surface area contributed by atoms with E-state index >= 15 is 0 Å². The van der Waals surface area contributed by atoms with Crippen molar-refractivity contribution in [1.82, 2.24) is 5.32 Å². The van der Waals surface area contributed by atoms with Crippen LogP contribution in [-0.2, 0) is 11.2 Å². The van der Waals surface area contributed by atoms with E-state index in [0.717, 1.165) is 6.42 Å². The molecule has 0 fully saturated rings. The van der Waals surface area contributed by atoms with Gasteiger partial charge in [-0.15, -0.1) is 12.4 Å². The van der Waals surface area contributed by atoms with Gasteiger partial charge >= 0.3 is 0 Å². The molecule has 4 heteroatoms. The fourth-order valence-electron chi connectivity index (χ4n) is 1.88. The lowest BCUT2D eigenvalue weighted by Crippen LogP contribution is -2.45. The van der Waals surface area contributed by atoms with Crippen LogP contribution >= 0.6 is 12.4 Å². The summed E-state index contributed by atoms with van der Waals surface area (Å²) in [5.41, 5.74) is 8.02. The molecule has 0 bridgehead atoms. The second-order valence-electron chi connectivity index (χ2n) is 5.97. The number of nitrogens with one attached hydrogen (secondary N) is 1. The number of rotatable bonds is 6. The van der Waals surface area contributed by atoms with Crippen molar-refractivity contribution in [2.75, 3.05) is 6.54 Å². The van der Waals surface area contributed by atoms with E-state index in [2.05, 4.69) is 43.4 Å². The summed E-state index contributed by atoms with van der Waals surface area (Å²) < 4.78 is 0. The van der Waals surface area contributed by atoms with E-state index in [1.54, 1.807) is 0 Å². The first-order valence-electron chi connectivity index (χ1n) is 6.96. The van der Waals surface area contributed by atoms with E-state index in [0.29, 0.717) is 13.0 Å². The lowest BCUT2D eigenvalue weighted by Gasteiger charge is -2.20. The molecule has 1 amide bonds. The molecule has 0 radical (unpaired) electrons. The highest BCUT2D eigenvalue weighted by molar-refractivity contribution is 5.85. The molecule has 114 valence electrons. The SMILES string of the molecule is CCc1ccc(C(C)CC(=O)NCC(C)(C)N)cc1.Cl. The van der Waals surface area contributed by atoms with Gasteiger partial charge in [-0.25, -0.2) is 0 Å². The molecule has 1 atom stereocenters. The number of hydrogen-bond acceptors (Lipinski definition) is 2. The molecular formula is C16H27ClN2O. The van der Waals surface area contributed by atoms with Crippen LogP contribution in [0.25, 0.3) is 0 Å². The standard InChI is InChI=1S/C16H26N2O.ClH/c1-5-13-6-8-14(9-7-13)12(2)10-15(19)18-11-16(3,4)17;/h6-9,12H,5,10-11,17H2,1-4H3,(H,18,19);1H. The average molecular weight is 299 g/mol. The number of carbonyl (C=O) groups is 1. The Morgan fingerprint density at radius 3 is 2.30 bits per heavy atom. The number of hydrogen-bond donors (Lipinski definition) is 2. The second-order valence-corrected chi connectivity index (χ2v) is 5.97. The van der Waals surface area contributed by atoms with Crippen LogP contribution in [0.3, 0.4) is 0 Å². The van der Waals surface area contributed by atoms with Crippen molar-refractivity contribution in [2.45, 2.75) is 52.0 Å². The highest BCUT2D eigenvalue weighted by atomic mass is 35.5. The topological polar surface area (TPSA) is 55.1 Å². The Bertz CT molecular complexity index is 409. The summed E-state index contributed by atoms with van der Waals surface area (Å²) in [5.74, 6) is 0.289. The van der Waals surface area contributed by atoms with Crippen molar-refractivity contribution in [2.24, 2.45) is 5.73 Å². The summed E-state index contributed by atoms with van der Waals surface area (Å²) in [6.07, 6.45) is 1.54. The Balaban J connectivity index is 0.00000361. The van der Waals surface area contributed by atoms with Crippen molar-refractivity contribution >= 4 is 18.3 Å². The highest BCUT2D eigenvalue weighted by Gasteiger charge is 2.15. The summed E-state index contributed by atoms with van der Waals surface area (Å²) in [6, 6.07) is 8.49. The molecule has 1 aromatic carbocycles. The molecule has 0 spiro atoms. The second kappa shape index (κ2) is 8.28. The van der Waals surface area contributed by atoms with Crippen molar-refractivity contribution in [1.29, 1.82) is 0 Å². The molecule has 20 heavy (non-hydrogen) atoms. The normalized spacial score (nSPS) is 12.4. The van der Waals surface area contributed by atoms with Gasteiger partial charge < -0.3 is 11.1 Å². The number of benzene rings is 1. The van der Waals surface area contributed by atoms with Gasteiger partial charge in [0.1, 0.15) is 0 Å². The summed E-state index contributed by atoms with van der Waals surface area (Å²) >= 11 is 0. The zero-order valence-corrected chi connectivity index (χ0v) is 13.7. The van der Waals surface area contributed by atoms with E-state index in [1.165, 1.54) is 11.1 Å². The van der Waals surface area contributed by atoms with Gasteiger partial charge in [0.15, 0.2) is 0 Å². The predicted molar refractivity (Wildman–Crippen MR) is 87.4 cm³/mol. The maximum atomic E-state index is 11.8. The van der Waals surface area contributed by atoms with Crippen molar-refractivity contribution in [3.05, 3.63) is 35.4 Å². The zero-order chi connectivity index (χ0) is 14.5. The average Bonchev–Trinajstić information content (AvgIpc) is 2.35. The number of amides is 1. The fourth-order valence-corrected chi connectivity index (χ4v) is 1.88. The van der Waals surface area contributed by atoms with E-state index in [4.69, 9.17) is 5.73 Å². The predicted octanol–water partition coefficient (Wildman–Crippen LogP) is 3.02. The molecule has 1 aromatic rings. The summed E-state index contributed by atoms with van der Waals surface area (Å²) in [5, 5.41) is 2.88. The van der Waals surface area contributed by atoms with E-state index in [9.17, 15) is 4.79 Å². The Kier molecular flexibility index (Phi) is 7.84. The third kappa shape index (κ3) is 6.92. The smallest absolute Gasteiger partial charge is 0.220 e. The minimum absolute atomic E-state index is 0. The number of halogens is 1. The first-order valence-corrected chi connectivity index (χ1v) is 6.96. The number of carbonyl (C=O) groups excluding carboxylic acids is 1. The fraction of sp³-hybridized carbons (Fsp3) is 0.562. The van der Waals surface area contributed by atoms with Crippen molar-refractivity contribution < 1.29 is 4.79 Å². The summed E-state index contributed by atoms with van der Waals surface area (Å²) in [7, 11) is 0. The maximum Gasteiger partial charge on any atom is 0.220 e. The molecule has 1 rings (SSSR count). The molecule has 0 saturated carbocycles. The Morgan fingerprint density at radius 1 is 1.30 bits per heavy atom. The molecule has 0 heterocycles. The Morgan fingerprint density at radius 2 is 1.85 bits per heavy atom. The quantitative estimate of drug-likeness (QED) is 0.848. The van der Waals surface area contributed by atoms with Gasteiger partial charge in [-0.1, -0.05) is 38.1 Å². The van der Waals surface area contributed by atoms with Crippen LogP contribution in [0, 0.1) is 0 Å². The van der Waals surface area contributed by atoms with Crippen LogP contribution < -0.4 is 11.1 Å². The van der Waals surface area contributed by atoms with Gasteiger partial charge in [0, 0.05) is 18.5 Å². The van der Waals surface area contributed by atoms with E-state index in [-0.39, 0.29) is 29.8 Å². The van der Waals surface area contributed by atoms with E-state index in [1.807, 2.05) is 13.8 Å². The van der Waals surface area contributed by atoms with E-state index < -0.39 is 0 Å². The molecule has 0 aliphatic carbocycles. The largest absolute Gasteiger partial charge is 0.354 e. The van der Waals surface area contributed by atoms with Gasteiger partial charge in [-0.3, -0.25) is 4.79 Å². The van der Waals surface area contributed by atoms with Crippen molar-refractivity contribution in [3.8, 4) is 0 Å².